The zero-order valence-corrected chi connectivity index (χ0v) is 24.0. The molecule has 4 rings (SSSR count). The van der Waals surface area contributed by atoms with E-state index < -0.39 is 16.0 Å². The average molecular weight is 523 g/mol. The molecule has 0 saturated heterocycles. The number of thiazole rings is 1. The SMILES string of the molecule is Cc1csc(S(=O)(=O)N(CC(C)C)c2cc3c(cc2OCc2ccc(C(=O)[O-])cc2)CCC3)n1.[Na+]. The van der Waals surface area contributed by atoms with E-state index in [1.165, 1.54) is 16.4 Å². The van der Waals surface area contributed by atoms with Gasteiger partial charge in [0.25, 0.3) is 10.0 Å². The molecule has 2 aromatic carbocycles. The van der Waals surface area contributed by atoms with E-state index >= 15 is 0 Å². The van der Waals surface area contributed by atoms with Crippen LogP contribution < -0.4 is 43.7 Å². The molecule has 0 atom stereocenters. The molecule has 0 bridgehead atoms. The number of carbonyl (C=O) groups excluding carboxylic acids is 1. The first-order valence-corrected chi connectivity index (χ1v) is 13.5. The van der Waals surface area contributed by atoms with Gasteiger partial charge in [0.05, 0.1) is 11.7 Å². The third-order valence-corrected chi connectivity index (χ3v) is 8.80. The van der Waals surface area contributed by atoms with Crippen molar-refractivity contribution >= 4 is 33.0 Å². The molecule has 0 saturated carbocycles. The Morgan fingerprint density at radius 1 is 1.17 bits per heavy atom. The zero-order valence-electron chi connectivity index (χ0n) is 20.4. The van der Waals surface area contributed by atoms with E-state index in [0.717, 1.165) is 47.3 Å². The van der Waals surface area contributed by atoms with Crippen LogP contribution in [0.1, 0.15) is 53.0 Å². The number of benzene rings is 2. The van der Waals surface area contributed by atoms with E-state index in [1.807, 2.05) is 26.0 Å². The van der Waals surface area contributed by atoms with Crippen LogP contribution in [-0.2, 0) is 29.5 Å². The second-order valence-corrected chi connectivity index (χ2v) is 11.8. The Balaban J connectivity index is 0.00000342. The van der Waals surface area contributed by atoms with Crippen molar-refractivity contribution in [2.45, 2.75) is 51.0 Å². The molecule has 1 heterocycles. The van der Waals surface area contributed by atoms with Gasteiger partial charge in [0.1, 0.15) is 12.4 Å². The minimum absolute atomic E-state index is 0. The summed E-state index contributed by atoms with van der Waals surface area (Å²) in [5.41, 5.74) is 4.34. The van der Waals surface area contributed by atoms with E-state index in [0.29, 0.717) is 17.1 Å². The minimum atomic E-state index is -3.88. The Bertz CT molecular complexity index is 1300. The van der Waals surface area contributed by atoms with Crippen molar-refractivity contribution in [3.05, 3.63) is 69.7 Å². The monoisotopic (exact) mass is 522 g/mol. The van der Waals surface area contributed by atoms with Gasteiger partial charge in [-0.3, -0.25) is 4.31 Å². The van der Waals surface area contributed by atoms with Crippen LogP contribution in [-0.4, -0.2) is 25.9 Å². The van der Waals surface area contributed by atoms with Gasteiger partial charge in [0.15, 0.2) is 0 Å². The molecule has 0 amide bonds. The smallest absolute Gasteiger partial charge is 0.545 e. The third-order valence-electron chi connectivity index (χ3n) is 5.67. The minimum Gasteiger partial charge on any atom is -0.545 e. The molecule has 0 aliphatic heterocycles. The quantitative estimate of drug-likeness (QED) is 0.385. The Morgan fingerprint density at radius 3 is 2.40 bits per heavy atom. The Kier molecular flexibility index (Phi) is 9.04. The van der Waals surface area contributed by atoms with Crippen LogP contribution in [0, 0.1) is 12.8 Å². The number of anilines is 1. The number of ether oxygens (including phenoxy) is 1. The van der Waals surface area contributed by atoms with Gasteiger partial charge in [0, 0.05) is 17.6 Å². The number of aromatic carboxylic acids is 1. The predicted molar refractivity (Wildman–Crippen MR) is 130 cm³/mol. The number of sulfonamides is 1. The number of carboxylic acids is 1. The third kappa shape index (κ3) is 6.27. The summed E-state index contributed by atoms with van der Waals surface area (Å²) in [6.45, 7) is 6.18. The fourth-order valence-electron chi connectivity index (χ4n) is 4.00. The topological polar surface area (TPSA) is 99.6 Å². The number of carboxylic acid groups (broad SMARTS) is 1. The first-order valence-electron chi connectivity index (χ1n) is 11.2. The maximum atomic E-state index is 13.7. The Labute approximate surface area is 232 Å². The molecule has 1 aliphatic rings. The number of aromatic nitrogens is 1. The average Bonchev–Trinajstić information content (AvgIpc) is 3.44. The summed E-state index contributed by atoms with van der Waals surface area (Å²) in [5, 5.41) is 12.7. The fourth-order valence-corrected chi connectivity index (χ4v) is 6.77. The summed E-state index contributed by atoms with van der Waals surface area (Å²) in [6, 6.07) is 10.2. The van der Waals surface area contributed by atoms with Crippen LogP contribution >= 0.6 is 11.3 Å². The molecule has 180 valence electrons. The van der Waals surface area contributed by atoms with Crippen LogP contribution in [0.25, 0.3) is 0 Å². The maximum Gasteiger partial charge on any atom is 1.00 e. The standard InChI is InChI=1S/C25H28N2O5S2.Na/c1-16(2)13-27(34(30,31)25-26-17(3)15-33-25)22-11-20-5-4-6-21(20)12-23(22)32-14-18-7-9-19(10-8-18)24(28)29;/h7-12,15-16H,4-6,13-14H2,1-3H3,(H,28,29);/q;+1/p-1. The molecule has 0 spiro atoms. The van der Waals surface area contributed by atoms with Crippen molar-refractivity contribution in [1.82, 2.24) is 4.98 Å². The summed E-state index contributed by atoms with van der Waals surface area (Å²) in [6.07, 6.45) is 2.85. The number of rotatable bonds is 9. The zero-order chi connectivity index (χ0) is 24.5. The molecule has 1 aromatic heterocycles. The van der Waals surface area contributed by atoms with Crippen molar-refractivity contribution in [3.8, 4) is 5.75 Å². The molecule has 10 heteroatoms. The molecule has 0 radical (unpaired) electrons. The van der Waals surface area contributed by atoms with Crippen molar-refractivity contribution in [2.24, 2.45) is 5.92 Å². The van der Waals surface area contributed by atoms with Gasteiger partial charge < -0.3 is 14.6 Å². The molecule has 0 fully saturated rings. The second kappa shape index (κ2) is 11.4. The van der Waals surface area contributed by atoms with Crippen LogP contribution in [0.2, 0.25) is 0 Å². The molecular formula is C25H27N2NaO5S2. The summed E-state index contributed by atoms with van der Waals surface area (Å²) in [7, 11) is -3.88. The van der Waals surface area contributed by atoms with Gasteiger partial charge in [-0.25, -0.2) is 4.98 Å². The number of carbonyl (C=O) groups is 1. The first-order chi connectivity index (χ1) is 16.1. The number of hydrogen-bond acceptors (Lipinski definition) is 7. The van der Waals surface area contributed by atoms with Gasteiger partial charge in [-0.15, -0.1) is 11.3 Å². The van der Waals surface area contributed by atoms with E-state index in [9.17, 15) is 18.3 Å². The van der Waals surface area contributed by atoms with Crippen molar-refractivity contribution in [3.63, 3.8) is 0 Å². The predicted octanol–water partition coefficient (Wildman–Crippen LogP) is 0.738. The van der Waals surface area contributed by atoms with E-state index in [1.54, 1.807) is 24.4 Å². The second-order valence-electron chi connectivity index (χ2n) is 8.90. The normalized spacial score (nSPS) is 12.8. The summed E-state index contributed by atoms with van der Waals surface area (Å²) in [5.74, 6) is -0.670. The number of nitrogens with zero attached hydrogens (tertiary/aromatic N) is 2. The molecule has 35 heavy (non-hydrogen) atoms. The summed E-state index contributed by atoms with van der Waals surface area (Å²) < 4.78 is 35.0. The summed E-state index contributed by atoms with van der Waals surface area (Å²) >= 11 is 1.12. The fraction of sp³-hybridized carbons (Fsp3) is 0.360. The maximum absolute atomic E-state index is 13.7. The molecule has 7 nitrogen and oxygen atoms in total. The number of aryl methyl sites for hydroxylation is 3. The van der Waals surface area contributed by atoms with Crippen LogP contribution in [0.15, 0.2) is 46.1 Å². The largest absolute Gasteiger partial charge is 1.00 e. The molecular weight excluding hydrogens is 495 g/mol. The van der Waals surface area contributed by atoms with Gasteiger partial charge in [-0.05, 0) is 66.5 Å². The Morgan fingerprint density at radius 2 is 1.83 bits per heavy atom. The molecule has 1 aliphatic carbocycles. The van der Waals surface area contributed by atoms with Crippen LogP contribution in [0.3, 0.4) is 0 Å². The van der Waals surface area contributed by atoms with Gasteiger partial charge >= 0.3 is 29.6 Å². The van der Waals surface area contributed by atoms with Gasteiger partial charge in [0.2, 0.25) is 4.34 Å². The van der Waals surface area contributed by atoms with Gasteiger partial charge in [-0.2, -0.15) is 8.42 Å². The van der Waals surface area contributed by atoms with E-state index in [-0.39, 0.29) is 58.5 Å². The number of hydrogen-bond donors (Lipinski definition) is 0. The van der Waals surface area contributed by atoms with E-state index in [2.05, 4.69) is 4.98 Å². The van der Waals surface area contributed by atoms with E-state index in [4.69, 9.17) is 4.74 Å². The first kappa shape index (κ1) is 27.7. The molecule has 0 unspecified atom stereocenters. The van der Waals surface area contributed by atoms with Gasteiger partial charge in [-0.1, -0.05) is 38.1 Å². The molecule has 0 N–H and O–H groups in total. The van der Waals surface area contributed by atoms with Crippen LogP contribution in [0.5, 0.6) is 5.75 Å². The molecule has 3 aromatic rings. The van der Waals surface area contributed by atoms with Crippen molar-refractivity contribution < 1.29 is 52.6 Å². The van der Waals surface area contributed by atoms with Crippen LogP contribution in [0.4, 0.5) is 5.69 Å². The number of fused-ring (bicyclic) bond motifs is 1. The van der Waals surface area contributed by atoms with Crippen molar-refractivity contribution in [2.75, 3.05) is 10.8 Å². The Hall–Kier alpha value is -1.91. The van der Waals surface area contributed by atoms with Crippen molar-refractivity contribution in [1.29, 1.82) is 0 Å². The summed E-state index contributed by atoms with van der Waals surface area (Å²) in [4.78, 5) is 15.3.